The van der Waals surface area contributed by atoms with E-state index in [2.05, 4.69) is 11.6 Å². The fourth-order valence-corrected chi connectivity index (χ4v) is 4.47. The van der Waals surface area contributed by atoms with Crippen LogP contribution < -0.4 is 4.72 Å². The normalized spacial score (nSPS) is 17.2. The van der Waals surface area contributed by atoms with Crippen molar-refractivity contribution in [1.82, 2.24) is 9.62 Å². The Hall–Kier alpha value is -2.51. The van der Waals surface area contributed by atoms with Crippen molar-refractivity contribution in [2.45, 2.75) is 38.1 Å². The van der Waals surface area contributed by atoms with Gasteiger partial charge in [0.25, 0.3) is 5.91 Å². The molecule has 1 aliphatic rings. The van der Waals surface area contributed by atoms with E-state index in [0.29, 0.717) is 17.0 Å². The quantitative estimate of drug-likeness (QED) is 0.736. The Morgan fingerprint density at radius 1 is 1.03 bits per heavy atom. The molecule has 0 radical (unpaired) electrons. The zero-order chi connectivity index (χ0) is 21.0. The van der Waals surface area contributed by atoms with Crippen LogP contribution in [0.3, 0.4) is 0 Å². The number of rotatable bonds is 6. The van der Waals surface area contributed by atoms with Crippen LogP contribution in [0.5, 0.6) is 0 Å². The maximum absolute atomic E-state index is 12.6. The first-order valence-corrected chi connectivity index (χ1v) is 11.2. The highest BCUT2D eigenvalue weighted by Gasteiger charge is 2.22. The highest BCUT2D eigenvalue weighted by Crippen LogP contribution is 2.18. The van der Waals surface area contributed by atoms with Crippen molar-refractivity contribution in [3.8, 4) is 0 Å². The number of Topliss-reactive ketones (excluding diaryl/α,β-unsaturated/α-hetero) is 1. The Morgan fingerprint density at radius 3 is 2.24 bits per heavy atom. The van der Waals surface area contributed by atoms with Crippen molar-refractivity contribution in [3.05, 3.63) is 65.2 Å². The van der Waals surface area contributed by atoms with Gasteiger partial charge in [0.15, 0.2) is 5.78 Å². The van der Waals surface area contributed by atoms with Gasteiger partial charge in [0, 0.05) is 30.8 Å². The molecule has 0 bridgehead atoms. The molecule has 154 valence electrons. The van der Waals surface area contributed by atoms with Gasteiger partial charge in [0.2, 0.25) is 10.0 Å². The van der Waals surface area contributed by atoms with Crippen LogP contribution in [-0.4, -0.2) is 38.1 Å². The fourth-order valence-electron chi connectivity index (χ4n) is 3.45. The summed E-state index contributed by atoms with van der Waals surface area (Å²) in [4.78, 5) is 25.9. The van der Waals surface area contributed by atoms with Crippen LogP contribution in [0.4, 0.5) is 0 Å². The van der Waals surface area contributed by atoms with Gasteiger partial charge >= 0.3 is 0 Å². The maximum atomic E-state index is 12.6. The average Bonchev–Trinajstić information content (AvgIpc) is 2.72. The lowest BCUT2D eigenvalue weighted by Crippen LogP contribution is -2.39. The minimum atomic E-state index is -3.69. The molecule has 0 aliphatic carbocycles. The van der Waals surface area contributed by atoms with E-state index in [1.807, 2.05) is 4.90 Å². The summed E-state index contributed by atoms with van der Waals surface area (Å²) in [5.41, 5.74) is 1.84. The highest BCUT2D eigenvalue weighted by atomic mass is 32.2. The minimum absolute atomic E-state index is 0.0224. The standard InChI is InChI=1S/C22H26N2O4S/c1-16-4-3-13-24(15-16)22(26)20-7-5-18(6-8-20)14-23-29(27,28)21-11-9-19(10-12-21)17(2)25/h5-12,16,23H,3-4,13-15H2,1-2H3. The van der Waals surface area contributed by atoms with Crippen LogP contribution in [0, 0.1) is 5.92 Å². The van der Waals surface area contributed by atoms with Crippen LogP contribution in [0.15, 0.2) is 53.4 Å². The number of piperidine rings is 1. The first kappa shape index (κ1) is 21.2. The third-order valence-corrected chi connectivity index (χ3v) is 6.60. The minimum Gasteiger partial charge on any atom is -0.338 e. The summed E-state index contributed by atoms with van der Waals surface area (Å²) in [7, 11) is -3.69. The molecular formula is C22H26N2O4S. The molecule has 1 saturated heterocycles. The van der Waals surface area contributed by atoms with E-state index in [1.165, 1.54) is 31.2 Å². The van der Waals surface area contributed by atoms with Crippen molar-refractivity contribution < 1.29 is 18.0 Å². The number of carbonyl (C=O) groups is 2. The smallest absolute Gasteiger partial charge is 0.253 e. The second kappa shape index (κ2) is 8.88. The molecule has 1 aliphatic heterocycles. The van der Waals surface area contributed by atoms with Crippen LogP contribution in [0.25, 0.3) is 0 Å². The van der Waals surface area contributed by atoms with Crippen molar-refractivity contribution in [3.63, 3.8) is 0 Å². The monoisotopic (exact) mass is 414 g/mol. The van der Waals surface area contributed by atoms with Crippen LogP contribution >= 0.6 is 0 Å². The molecule has 1 atom stereocenters. The third-order valence-electron chi connectivity index (χ3n) is 5.18. The maximum Gasteiger partial charge on any atom is 0.253 e. The number of hydrogen-bond acceptors (Lipinski definition) is 4. The number of nitrogens with one attached hydrogen (secondary N) is 1. The van der Waals surface area contributed by atoms with Crippen molar-refractivity contribution in [1.29, 1.82) is 0 Å². The van der Waals surface area contributed by atoms with E-state index in [0.717, 1.165) is 31.5 Å². The lowest BCUT2D eigenvalue weighted by Gasteiger charge is -2.31. The van der Waals surface area contributed by atoms with Gasteiger partial charge in [-0.3, -0.25) is 9.59 Å². The summed E-state index contributed by atoms with van der Waals surface area (Å²) in [6, 6.07) is 12.8. The first-order chi connectivity index (χ1) is 13.8. The summed E-state index contributed by atoms with van der Waals surface area (Å²) in [6.07, 6.45) is 2.18. The molecule has 6 nitrogen and oxygen atoms in total. The van der Waals surface area contributed by atoms with E-state index in [4.69, 9.17) is 0 Å². The van der Waals surface area contributed by atoms with Crippen molar-refractivity contribution >= 4 is 21.7 Å². The fraction of sp³-hybridized carbons (Fsp3) is 0.364. The number of carbonyl (C=O) groups excluding carboxylic acids is 2. The molecule has 1 amide bonds. The Morgan fingerprint density at radius 2 is 1.66 bits per heavy atom. The van der Waals surface area contributed by atoms with Crippen LogP contribution in [0.2, 0.25) is 0 Å². The Kier molecular flexibility index (Phi) is 6.49. The van der Waals surface area contributed by atoms with E-state index in [9.17, 15) is 18.0 Å². The molecule has 1 unspecified atom stereocenters. The third kappa shape index (κ3) is 5.31. The Labute approximate surface area is 172 Å². The molecule has 0 aromatic heterocycles. The molecular weight excluding hydrogens is 388 g/mol. The van der Waals surface area contributed by atoms with Gasteiger partial charge in [-0.05, 0) is 55.5 Å². The summed E-state index contributed by atoms with van der Waals surface area (Å²) in [5, 5.41) is 0. The molecule has 1 fully saturated rings. The molecule has 3 rings (SSSR count). The van der Waals surface area contributed by atoms with Crippen LogP contribution in [0.1, 0.15) is 53.0 Å². The van der Waals surface area contributed by atoms with Gasteiger partial charge < -0.3 is 4.90 Å². The van der Waals surface area contributed by atoms with Crippen LogP contribution in [-0.2, 0) is 16.6 Å². The largest absolute Gasteiger partial charge is 0.338 e. The highest BCUT2D eigenvalue weighted by molar-refractivity contribution is 7.89. The van der Waals surface area contributed by atoms with Gasteiger partial charge in [-0.2, -0.15) is 0 Å². The second-order valence-electron chi connectivity index (χ2n) is 7.60. The van der Waals surface area contributed by atoms with Gasteiger partial charge in [-0.1, -0.05) is 31.2 Å². The van der Waals surface area contributed by atoms with E-state index in [-0.39, 0.29) is 23.1 Å². The summed E-state index contributed by atoms with van der Waals surface area (Å²) < 4.78 is 27.4. The van der Waals surface area contributed by atoms with Gasteiger partial charge in [-0.25, -0.2) is 13.1 Å². The molecule has 0 spiro atoms. The average molecular weight is 415 g/mol. The Bertz CT molecular complexity index is 982. The lowest BCUT2D eigenvalue weighted by atomic mass is 9.99. The Balaban J connectivity index is 1.62. The van der Waals surface area contributed by atoms with Gasteiger partial charge in [-0.15, -0.1) is 0 Å². The van der Waals surface area contributed by atoms with E-state index in [1.54, 1.807) is 24.3 Å². The van der Waals surface area contributed by atoms with Crippen molar-refractivity contribution in [2.24, 2.45) is 5.92 Å². The predicted molar refractivity (Wildman–Crippen MR) is 111 cm³/mol. The number of nitrogens with zero attached hydrogens (tertiary/aromatic N) is 1. The zero-order valence-electron chi connectivity index (χ0n) is 16.7. The number of sulfonamides is 1. The summed E-state index contributed by atoms with van der Waals surface area (Å²) >= 11 is 0. The second-order valence-corrected chi connectivity index (χ2v) is 9.37. The summed E-state index contributed by atoms with van der Waals surface area (Å²) in [5.74, 6) is 0.427. The lowest BCUT2D eigenvalue weighted by molar-refractivity contribution is 0.0683. The number of benzene rings is 2. The zero-order valence-corrected chi connectivity index (χ0v) is 17.5. The molecule has 29 heavy (non-hydrogen) atoms. The molecule has 1 heterocycles. The number of likely N-dealkylation sites (tertiary alicyclic amines) is 1. The number of ketones is 1. The first-order valence-electron chi connectivity index (χ1n) is 9.75. The molecule has 0 saturated carbocycles. The van der Waals surface area contributed by atoms with E-state index >= 15 is 0 Å². The molecule has 2 aromatic carbocycles. The SMILES string of the molecule is CC(=O)c1ccc(S(=O)(=O)NCc2ccc(C(=O)N3CCCC(C)C3)cc2)cc1. The molecule has 1 N–H and O–H groups in total. The molecule has 7 heteroatoms. The topological polar surface area (TPSA) is 83.5 Å². The predicted octanol–water partition coefficient (Wildman–Crippen LogP) is 3.24. The van der Waals surface area contributed by atoms with Crippen molar-refractivity contribution in [2.75, 3.05) is 13.1 Å². The molecule has 2 aromatic rings. The number of hydrogen-bond donors (Lipinski definition) is 1. The van der Waals surface area contributed by atoms with Gasteiger partial charge in [0.05, 0.1) is 4.90 Å². The summed E-state index contributed by atoms with van der Waals surface area (Å²) in [6.45, 7) is 5.27. The number of amides is 1. The van der Waals surface area contributed by atoms with E-state index < -0.39 is 10.0 Å². The van der Waals surface area contributed by atoms with Gasteiger partial charge in [0.1, 0.15) is 0 Å².